The van der Waals surface area contributed by atoms with E-state index < -0.39 is 0 Å². The van der Waals surface area contributed by atoms with Crippen LogP contribution in [0.25, 0.3) is 0 Å². The first-order chi connectivity index (χ1) is 6.40. The van der Waals surface area contributed by atoms with E-state index in [1.807, 2.05) is 0 Å². The molecule has 0 aliphatic rings. The zero-order valence-electron chi connectivity index (χ0n) is 9.45. The predicted molar refractivity (Wildman–Crippen MR) is 66.5 cm³/mol. The van der Waals surface area contributed by atoms with Crippen molar-refractivity contribution in [2.45, 2.75) is 37.0 Å². The molecule has 0 bridgehead atoms. The van der Waals surface area contributed by atoms with Crippen LogP contribution in [0.15, 0.2) is 12.1 Å². The molecular weight excluding hydrogens is 472 g/mol. The van der Waals surface area contributed by atoms with E-state index in [0.29, 0.717) is 5.41 Å². The molecule has 1 rings (SSSR count). The molecule has 0 N–H and O–H groups in total. The fourth-order valence-electron chi connectivity index (χ4n) is 1.66. The zero-order chi connectivity index (χ0) is 10.9. The Balaban J connectivity index is 3.31. The van der Waals surface area contributed by atoms with Crippen LogP contribution in [0.1, 0.15) is 30.5 Å². The van der Waals surface area contributed by atoms with E-state index in [2.05, 4.69) is 62.4 Å². The topological polar surface area (TPSA) is 0 Å². The minimum absolute atomic E-state index is 0.391. The summed E-state index contributed by atoms with van der Waals surface area (Å²) in [5.41, 5.74) is 4.89. The molecule has 0 heterocycles. The van der Waals surface area contributed by atoms with Gasteiger partial charge in [-0.15, -0.1) is 0 Å². The van der Waals surface area contributed by atoms with Crippen LogP contribution < -0.4 is 0 Å². The van der Waals surface area contributed by atoms with Crippen LogP contribution in [0.4, 0.5) is 0 Å². The molecule has 1 aromatic carbocycles. The van der Waals surface area contributed by atoms with Crippen molar-refractivity contribution in [3.63, 3.8) is 0 Å². The van der Waals surface area contributed by atoms with E-state index in [1.165, 1.54) is 18.6 Å². The molecule has 0 fully saturated rings. The van der Waals surface area contributed by atoms with Crippen molar-refractivity contribution < 1.29 is 26.1 Å². The molecule has 0 aliphatic heterocycles. The van der Waals surface area contributed by atoms with Crippen LogP contribution in [0.3, 0.4) is 0 Å². The maximum atomic E-state index is 2.42. The van der Waals surface area contributed by atoms with Gasteiger partial charge in [0.05, 0.1) is 0 Å². The van der Waals surface area contributed by atoms with E-state index >= 15 is 0 Å². The van der Waals surface area contributed by atoms with Gasteiger partial charge in [0, 0.05) is 0 Å². The third-order valence-electron chi connectivity index (χ3n) is 3.08. The van der Waals surface area contributed by atoms with Gasteiger partial charge in [-0.2, -0.15) is 0 Å². The van der Waals surface area contributed by atoms with E-state index in [1.54, 1.807) is 5.56 Å². The summed E-state index contributed by atoms with van der Waals surface area (Å²) >= 11 is 3.30. The van der Waals surface area contributed by atoms with Crippen LogP contribution >= 0.6 is 22.6 Å². The Bertz CT molecular complexity index is 342. The normalized spacial score (nSPS) is 11.9. The second-order valence-corrected chi connectivity index (χ2v) is 7.58. The number of benzene rings is 1. The predicted octanol–water partition coefficient (Wildman–Crippen LogP) is 4.15. The summed E-state index contributed by atoms with van der Waals surface area (Å²) in [6, 6.07) is 4.57. The maximum absolute atomic E-state index is 2.42. The van der Waals surface area contributed by atoms with Crippen LogP contribution in [-0.2, 0) is 31.5 Å². The Morgan fingerprint density at radius 2 is 1.79 bits per heavy atom. The first kappa shape index (κ1) is 13.0. The molecular formula is C12H16HgI. The van der Waals surface area contributed by atoms with Crippen molar-refractivity contribution >= 4 is 22.6 Å². The van der Waals surface area contributed by atoms with Gasteiger partial charge in [0.2, 0.25) is 0 Å². The minimum atomic E-state index is 0.391. The van der Waals surface area contributed by atoms with Crippen molar-refractivity contribution in [2.24, 2.45) is 0 Å². The Kier molecular flexibility index (Phi) is 4.45. The molecule has 14 heavy (non-hydrogen) atoms. The Labute approximate surface area is 117 Å². The molecule has 73 valence electrons. The summed E-state index contributed by atoms with van der Waals surface area (Å²) < 4.78 is 2.77. The molecule has 0 radical (unpaired) electrons. The van der Waals surface area contributed by atoms with Gasteiger partial charge < -0.3 is 0 Å². The molecule has 0 atom stereocenters. The van der Waals surface area contributed by atoms with Crippen LogP contribution in [0.2, 0.25) is 3.93 Å². The zero-order valence-corrected chi connectivity index (χ0v) is 17.1. The third-order valence-corrected chi connectivity index (χ3v) is 9.10. The molecule has 0 aliphatic carbocycles. The van der Waals surface area contributed by atoms with Crippen molar-refractivity contribution in [1.29, 1.82) is 0 Å². The average Bonchev–Trinajstić information content (AvgIpc) is 2.14. The monoisotopic (exact) mass is 489 g/mol. The third kappa shape index (κ3) is 2.52. The molecule has 0 unspecified atom stereocenters. The molecule has 0 nitrogen and oxygen atoms in total. The second kappa shape index (κ2) is 4.81. The quantitative estimate of drug-likeness (QED) is 0.434. The first-order valence-corrected chi connectivity index (χ1v) is 9.92. The van der Waals surface area contributed by atoms with E-state index in [-0.39, 0.29) is 0 Å². The summed E-state index contributed by atoms with van der Waals surface area (Å²) in [6.07, 6.45) is 0. The van der Waals surface area contributed by atoms with Gasteiger partial charge in [-0.1, -0.05) is 0 Å². The summed E-state index contributed by atoms with van der Waals surface area (Å²) in [4.78, 5) is 0. The number of hydrogen-bond donors (Lipinski definition) is 0. The Morgan fingerprint density at radius 3 is 2.29 bits per heavy atom. The van der Waals surface area contributed by atoms with Gasteiger partial charge in [0.1, 0.15) is 0 Å². The van der Waals surface area contributed by atoms with E-state index in [4.69, 9.17) is 0 Å². The fourth-order valence-corrected chi connectivity index (χ4v) is 3.29. The summed E-state index contributed by atoms with van der Waals surface area (Å²) in [6.45, 7) is 9.23. The summed E-state index contributed by atoms with van der Waals surface area (Å²) in [7, 11) is 0. The molecule has 2 heteroatoms. The van der Waals surface area contributed by atoms with Gasteiger partial charge in [-0.05, 0) is 0 Å². The average molecular weight is 488 g/mol. The molecule has 0 amide bonds. The molecule has 0 aromatic heterocycles. The van der Waals surface area contributed by atoms with Crippen LogP contribution in [0.5, 0.6) is 0 Å². The first-order valence-electron chi connectivity index (χ1n) is 4.95. The summed E-state index contributed by atoms with van der Waals surface area (Å²) in [5.74, 6) is 0. The van der Waals surface area contributed by atoms with E-state index in [0.717, 1.165) is 26.1 Å². The SMILES string of the molecule is Cc1c(I)ccc(C(C)(C)[CH2][Hg])c1C. The Hall–Kier alpha value is 0.885. The van der Waals surface area contributed by atoms with Gasteiger partial charge >= 0.3 is 118 Å². The van der Waals surface area contributed by atoms with Gasteiger partial charge in [0.15, 0.2) is 0 Å². The van der Waals surface area contributed by atoms with Crippen LogP contribution in [-0.4, -0.2) is 0 Å². The fraction of sp³-hybridized carbons (Fsp3) is 0.500. The van der Waals surface area contributed by atoms with Crippen molar-refractivity contribution in [3.8, 4) is 0 Å². The molecule has 0 spiro atoms. The van der Waals surface area contributed by atoms with Gasteiger partial charge in [0.25, 0.3) is 0 Å². The molecule has 1 aromatic rings. The number of hydrogen-bond acceptors (Lipinski definition) is 0. The number of rotatable bonds is 2. The summed E-state index contributed by atoms with van der Waals surface area (Å²) in [5, 5.41) is 0. The van der Waals surface area contributed by atoms with Gasteiger partial charge in [-0.25, -0.2) is 0 Å². The second-order valence-electron chi connectivity index (χ2n) is 4.48. The van der Waals surface area contributed by atoms with Crippen molar-refractivity contribution in [2.75, 3.05) is 0 Å². The van der Waals surface area contributed by atoms with Crippen molar-refractivity contribution in [1.82, 2.24) is 0 Å². The molecule has 0 saturated heterocycles. The Morgan fingerprint density at radius 1 is 1.21 bits per heavy atom. The van der Waals surface area contributed by atoms with Crippen LogP contribution in [0, 0.1) is 17.4 Å². The van der Waals surface area contributed by atoms with E-state index in [9.17, 15) is 0 Å². The standard InChI is InChI=1S/C12H16I.Hg/c1-8-9(2)11(13)7-6-10(8)12(3,4)5;/h6-7H,3H2,1-2,4-5H3;. The number of halogens is 1. The van der Waals surface area contributed by atoms with Gasteiger partial charge in [-0.3, -0.25) is 0 Å². The molecule has 0 saturated carbocycles. The van der Waals surface area contributed by atoms with Crippen molar-refractivity contribution in [3.05, 3.63) is 32.4 Å².